The maximum Gasteiger partial charge on any atom is 0.0221 e. The maximum absolute atomic E-state index is 3.77. The highest BCUT2D eigenvalue weighted by molar-refractivity contribution is 4.97. The second kappa shape index (κ2) is 6.13. The van der Waals surface area contributed by atoms with E-state index in [0.717, 1.165) is 18.0 Å². The molecule has 2 heteroatoms. The molecule has 0 aromatic rings. The predicted octanol–water partition coefficient (Wildman–Crippen LogP) is 3.66. The third-order valence-corrected chi connectivity index (χ3v) is 5.62. The lowest BCUT2D eigenvalue weighted by Crippen LogP contribution is -2.63. The summed E-state index contributed by atoms with van der Waals surface area (Å²) in [6.07, 6.45) is 6.96. The Balaban J connectivity index is 2.12. The Morgan fingerprint density at radius 2 is 2.00 bits per heavy atom. The number of nitrogens with one attached hydrogen (secondary N) is 1. The molecule has 19 heavy (non-hydrogen) atoms. The summed E-state index contributed by atoms with van der Waals surface area (Å²) >= 11 is 0. The van der Waals surface area contributed by atoms with Gasteiger partial charge in [0.25, 0.3) is 0 Å². The Bertz CT molecular complexity index is 285. The van der Waals surface area contributed by atoms with Gasteiger partial charge in [-0.15, -0.1) is 0 Å². The molecule has 1 saturated heterocycles. The van der Waals surface area contributed by atoms with Gasteiger partial charge < -0.3 is 5.32 Å². The van der Waals surface area contributed by atoms with Crippen molar-refractivity contribution in [2.75, 3.05) is 13.1 Å². The van der Waals surface area contributed by atoms with Gasteiger partial charge in [0, 0.05) is 31.2 Å². The van der Waals surface area contributed by atoms with E-state index >= 15 is 0 Å². The van der Waals surface area contributed by atoms with E-state index in [-0.39, 0.29) is 0 Å². The molecule has 2 aliphatic rings. The molecule has 2 nitrogen and oxygen atoms in total. The molecular formula is C17H34N2. The number of hydrogen-bond donors (Lipinski definition) is 1. The minimum absolute atomic E-state index is 0.505. The van der Waals surface area contributed by atoms with Crippen molar-refractivity contribution in [3.8, 4) is 0 Å². The van der Waals surface area contributed by atoms with Crippen molar-refractivity contribution < 1.29 is 0 Å². The lowest BCUT2D eigenvalue weighted by molar-refractivity contribution is -0.0118. The number of nitrogens with zero attached hydrogens (tertiary/aromatic N) is 1. The summed E-state index contributed by atoms with van der Waals surface area (Å²) in [5, 5.41) is 3.77. The van der Waals surface area contributed by atoms with Crippen LogP contribution in [0.4, 0.5) is 0 Å². The van der Waals surface area contributed by atoms with Gasteiger partial charge >= 0.3 is 0 Å². The molecule has 0 spiro atoms. The van der Waals surface area contributed by atoms with Crippen LogP contribution in [0.5, 0.6) is 0 Å². The van der Waals surface area contributed by atoms with Crippen molar-refractivity contribution in [2.24, 2.45) is 11.3 Å². The fourth-order valence-corrected chi connectivity index (χ4v) is 4.14. The molecule has 112 valence electrons. The van der Waals surface area contributed by atoms with E-state index < -0.39 is 0 Å². The molecule has 0 aromatic heterocycles. The van der Waals surface area contributed by atoms with Crippen LogP contribution >= 0.6 is 0 Å². The largest absolute Gasteiger partial charge is 0.311 e. The smallest absolute Gasteiger partial charge is 0.0221 e. The Hall–Kier alpha value is -0.0800. The first-order chi connectivity index (χ1) is 8.95. The van der Waals surface area contributed by atoms with Crippen molar-refractivity contribution >= 4 is 0 Å². The Morgan fingerprint density at radius 1 is 1.26 bits per heavy atom. The van der Waals surface area contributed by atoms with Crippen LogP contribution < -0.4 is 5.32 Å². The Labute approximate surface area is 120 Å². The lowest BCUT2D eigenvalue weighted by atomic mass is 9.71. The van der Waals surface area contributed by atoms with Crippen LogP contribution in [0.2, 0.25) is 0 Å². The fraction of sp³-hybridized carbons (Fsp3) is 1.00. The van der Waals surface area contributed by atoms with Crippen LogP contribution in [0.1, 0.15) is 66.7 Å². The summed E-state index contributed by atoms with van der Waals surface area (Å²) < 4.78 is 0. The summed E-state index contributed by atoms with van der Waals surface area (Å²) in [5.74, 6) is 0.743. The minimum atomic E-state index is 0.505. The van der Waals surface area contributed by atoms with Gasteiger partial charge in [-0.05, 0) is 30.6 Å². The van der Waals surface area contributed by atoms with E-state index in [4.69, 9.17) is 0 Å². The topological polar surface area (TPSA) is 15.3 Å². The van der Waals surface area contributed by atoms with Gasteiger partial charge in [-0.25, -0.2) is 0 Å². The number of piperazine rings is 1. The summed E-state index contributed by atoms with van der Waals surface area (Å²) in [6, 6.07) is 2.23. The fourth-order valence-electron chi connectivity index (χ4n) is 4.14. The van der Waals surface area contributed by atoms with E-state index in [1.165, 1.54) is 45.2 Å². The van der Waals surface area contributed by atoms with Gasteiger partial charge in [-0.3, -0.25) is 4.90 Å². The molecule has 0 radical (unpaired) electrons. The minimum Gasteiger partial charge on any atom is -0.311 e. The molecule has 2 rings (SSSR count). The number of rotatable bonds is 3. The summed E-state index contributed by atoms with van der Waals surface area (Å²) in [5.41, 5.74) is 0.505. The molecule has 2 fully saturated rings. The Morgan fingerprint density at radius 3 is 2.58 bits per heavy atom. The molecule has 0 amide bonds. The quantitative estimate of drug-likeness (QED) is 0.838. The van der Waals surface area contributed by atoms with E-state index in [1.54, 1.807) is 0 Å². The molecule has 1 heterocycles. The van der Waals surface area contributed by atoms with Gasteiger partial charge in [0.1, 0.15) is 0 Å². The monoisotopic (exact) mass is 266 g/mol. The van der Waals surface area contributed by atoms with E-state index in [1.807, 2.05) is 0 Å². The first kappa shape index (κ1) is 15.3. The SMILES string of the molecule is CCC1CNC(C(C)C)CN1C1CCCCC1(C)C. The molecule has 1 aliphatic carbocycles. The molecule has 3 atom stereocenters. The molecule has 0 bridgehead atoms. The first-order valence-electron chi connectivity index (χ1n) is 8.45. The van der Waals surface area contributed by atoms with Gasteiger partial charge in [0.15, 0.2) is 0 Å². The van der Waals surface area contributed by atoms with Crippen molar-refractivity contribution in [3.05, 3.63) is 0 Å². The molecule has 1 saturated carbocycles. The van der Waals surface area contributed by atoms with Gasteiger partial charge in [0.05, 0.1) is 0 Å². The van der Waals surface area contributed by atoms with Crippen molar-refractivity contribution in [1.29, 1.82) is 0 Å². The molecule has 3 unspecified atom stereocenters. The summed E-state index contributed by atoms with van der Waals surface area (Å²) in [4.78, 5) is 2.88. The van der Waals surface area contributed by atoms with Crippen molar-refractivity contribution in [3.63, 3.8) is 0 Å². The highest BCUT2D eigenvalue weighted by Gasteiger charge is 2.41. The molecular weight excluding hydrogens is 232 g/mol. The lowest BCUT2D eigenvalue weighted by Gasteiger charge is -2.52. The van der Waals surface area contributed by atoms with Crippen molar-refractivity contribution in [1.82, 2.24) is 10.2 Å². The van der Waals surface area contributed by atoms with Gasteiger partial charge in [0.2, 0.25) is 0 Å². The van der Waals surface area contributed by atoms with Crippen LogP contribution in [0.25, 0.3) is 0 Å². The number of hydrogen-bond acceptors (Lipinski definition) is 2. The highest BCUT2D eigenvalue weighted by atomic mass is 15.3. The average Bonchev–Trinajstić information content (AvgIpc) is 2.37. The van der Waals surface area contributed by atoms with E-state index in [2.05, 4.69) is 44.8 Å². The third-order valence-electron chi connectivity index (χ3n) is 5.62. The van der Waals surface area contributed by atoms with Crippen LogP contribution in [0.3, 0.4) is 0 Å². The van der Waals surface area contributed by atoms with Crippen LogP contribution in [-0.2, 0) is 0 Å². The maximum atomic E-state index is 3.77. The van der Waals surface area contributed by atoms with Crippen LogP contribution in [0, 0.1) is 11.3 Å². The Kier molecular flexibility index (Phi) is 4.94. The third kappa shape index (κ3) is 3.33. The van der Waals surface area contributed by atoms with Crippen LogP contribution in [-0.4, -0.2) is 36.1 Å². The zero-order valence-electron chi connectivity index (χ0n) is 13.7. The highest BCUT2D eigenvalue weighted by Crippen LogP contribution is 2.40. The molecule has 1 N–H and O–H groups in total. The molecule has 1 aliphatic heterocycles. The standard InChI is InChI=1S/C17H34N2/c1-6-14-11-18-15(13(2)3)12-19(14)16-9-7-8-10-17(16,4)5/h13-16,18H,6-12H2,1-5H3. The zero-order chi connectivity index (χ0) is 14.0. The average molecular weight is 266 g/mol. The van der Waals surface area contributed by atoms with Crippen LogP contribution in [0.15, 0.2) is 0 Å². The second-order valence-corrected chi connectivity index (χ2v) is 7.77. The first-order valence-corrected chi connectivity index (χ1v) is 8.45. The zero-order valence-corrected chi connectivity index (χ0v) is 13.7. The van der Waals surface area contributed by atoms with Gasteiger partial charge in [-0.1, -0.05) is 47.5 Å². The summed E-state index contributed by atoms with van der Waals surface area (Å²) in [6.45, 7) is 14.5. The van der Waals surface area contributed by atoms with E-state index in [0.29, 0.717) is 11.5 Å². The predicted molar refractivity (Wildman–Crippen MR) is 83.5 cm³/mol. The summed E-state index contributed by atoms with van der Waals surface area (Å²) in [7, 11) is 0. The second-order valence-electron chi connectivity index (χ2n) is 7.77. The molecule has 0 aromatic carbocycles. The van der Waals surface area contributed by atoms with Crippen molar-refractivity contribution in [2.45, 2.75) is 84.8 Å². The normalized spacial score (nSPS) is 36.6. The van der Waals surface area contributed by atoms with Gasteiger partial charge in [-0.2, -0.15) is 0 Å². The van der Waals surface area contributed by atoms with E-state index in [9.17, 15) is 0 Å².